The van der Waals surface area contributed by atoms with Gasteiger partial charge in [-0.15, -0.1) is 0 Å². The Morgan fingerprint density at radius 3 is 2.62 bits per heavy atom. The first-order valence-electron chi connectivity index (χ1n) is 5.46. The molecule has 13 heavy (non-hydrogen) atoms. The quantitative estimate of drug-likeness (QED) is 0.683. The molecule has 74 valence electrons. The third kappa shape index (κ3) is 1.41. The summed E-state index contributed by atoms with van der Waals surface area (Å²) in [6.45, 7) is 1.35. The minimum Gasteiger partial charge on any atom is -0.328 e. The minimum atomic E-state index is 0.497. The Morgan fingerprint density at radius 1 is 1.15 bits per heavy atom. The first-order valence-corrected chi connectivity index (χ1v) is 6.51. The maximum Gasteiger partial charge on any atom is 0.0200 e. The molecule has 2 saturated heterocycles. The molecule has 3 heteroatoms. The zero-order valence-electron chi connectivity index (χ0n) is 7.98. The summed E-state index contributed by atoms with van der Waals surface area (Å²) < 4.78 is 0. The smallest absolute Gasteiger partial charge is 0.0200 e. The number of rotatable bonds is 1. The molecule has 0 radical (unpaired) electrons. The van der Waals surface area contributed by atoms with Gasteiger partial charge in [-0.3, -0.25) is 4.90 Å². The molecule has 2 aliphatic heterocycles. The SMILES string of the molecule is NC1CCC(N2CC3CC2CS3)C1. The van der Waals surface area contributed by atoms with E-state index in [0.29, 0.717) is 6.04 Å². The Bertz CT molecular complexity index is 209. The van der Waals surface area contributed by atoms with Crippen LogP contribution >= 0.6 is 11.8 Å². The van der Waals surface area contributed by atoms with Crippen molar-refractivity contribution < 1.29 is 0 Å². The van der Waals surface area contributed by atoms with Crippen molar-refractivity contribution in [3.05, 3.63) is 0 Å². The summed E-state index contributed by atoms with van der Waals surface area (Å²) in [7, 11) is 0. The summed E-state index contributed by atoms with van der Waals surface area (Å²) in [6.07, 6.45) is 5.32. The lowest BCUT2D eigenvalue weighted by atomic mass is 10.2. The second-order valence-corrected chi connectivity index (χ2v) is 6.10. The number of hydrogen-bond donors (Lipinski definition) is 1. The summed E-state index contributed by atoms with van der Waals surface area (Å²) in [6, 6.07) is 2.24. The highest BCUT2D eigenvalue weighted by Gasteiger charge is 2.42. The lowest BCUT2D eigenvalue weighted by Gasteiger charge is -2.32. The number of likely N-dealkylation sites (tertiary alicyclic amines) is 1. The van der Waals surface area contributed by atoms with Crippen molar-refractivity contribution in [3.63, 3.8) is 0 Å². The van der Waals surface area contributed by atoms with Crippen LogP contribution in [0.5, 0.6) is 0 Å². The van der Waals surface area contributed by atoms with E-state index in [4.69, 9.17) is 5.73 Å². The van der Waals surface area contributed by atoms with Gasteiger partial charge in [-0.2, -0.15) is 11.8 Å². The molecule has 3 rings (SSSR count). The van der Waals surface area contributed by atoms with Gasteiger partial charge in [0.05, 0.1) is 0 Å². The topological polar surface area (TPSA) is 29.3 Å². The Kier molecular flexibility index (Phi) is 2.07. The van der Waals surface area contributed by atoms with Gasteiger partial charge in [0.2, 0.25) is 0 Å². The lowest BCUT2D eigenvalue weighted by molar-refractivity contribution is 0.192. The van der Waals surface area contributed by atoms with E-state index in [-0.39, 0.29) is 0 Å². The van der Waals surface area contributed by atoms with E-state index in [2.05, 4.69) is 16.7 Å². The van der Waals surface area contributed by atoms with Crippen LogP contribution < -0.4 is 5.73 Å². The fraction of sp³-hybridized carbons (Fsp3) is 1.00. The third-order valence-corrected chi connectivity index (χ3v) is 5.25. The Hall–Kier alpha value is 0.270. The minimum absolute atomic E-state index is 0.497. The zero-order valence-corrected chi connectivity index (χ0v) is 8.80. The van der Waals surface area contributed by atoms with Crippen LogP contribution in [0.25, 0.3) is 0 Å². The zero-order chi connectivity index (χ0) is 8.84. The standard InChI is InChI=1S/C10H18N2S/c11-7-1-2-8(3-7)12-5-10-4-9(12)6-13-10/h7-10H,1-6,11H2. The summed E-state index contributed by atoms with van der Waals surface area (Å²) >= 11 is 2.18. The molecular weight excluding hydrogens is 180 g/mol. The molecule has 4 unspecified atom stereocenters. The van der Waals surface area contributed by atoms with Gasteiger partial charge in [0, 0.05) is 35.7 Å². The van der Waals surface area contributed by atoms with Crippen LogP contribution in [-0.2, 0) is 0 Å². The number of nitrogens with two attached hydrogens (primary N) is 1. The number of nitrogens with zero attached hydrogens (tertiary/aromatic N) is 1. The molecule has 3 aliphatic rings. The average Bonchev–Trinajstić information content (AvgIpc) is 2.77. The Balaban J connectivity index is 1.66. The second-order valence-electron chi connectivity index (χ2n) is 4.77. The maximum atomic E-state index is 5.96. The molecule has 3 fully saturated rings. The highest BCUT2D eigenvalue weighted by molar-refractivity contribution is 8.00. The van der Waals surface area contributed by atoms with Crippen molar-refractivity contribution in [2.75, 3.05) is 12.3 Å². The van der Waals surface area contributed by atoms with Crippen molar-refractivity contribution in [1.82, 2.24) is 4.90 Å². The molecule has 1 aliphatic carbocycles. The van der Waals surface area contributed by atoms with E-state index in [1.807, 2.05) is 0 Å². The molecule has 0 spiro atoms. The molecule has 0 aromatic rings. The van der Waals surface area contributed by atoms with Crippen molar-refractivity contribution in [1.29, 1.82) is 0 Å². The van der Waals surface area contributed by atoms with Gasteiger partial charge >= 0.3 is 0 Å². The van der Waals surface area contributed by atoms with Crippen molar-refractivity contribution in [3.8, 4) is 0 Å². The van der Waals surface area contributed by atoms with Gasteiger partial charge in [0.15, 0.2) is 0 Å². The van der Waals surface area contributed by atoms with Gasteiger partial charge in [0.1, 0.15) is 0 Å². The molecule has 2 bridgehead atoms. The van der Waals surface area contributed by atoms with E-state index in [0.717, 1.165) is 17.3 Å². The van der Waals surface area contributed by atoms with E-state index in [1.54, 1.807) is 0 Å². The molecular formula is C10H18N2S. The molecule has 1 saturated carbocycles. The largest absolute Gasteiger partial charge is 0.328 e. The van der Waals surface area contributed by atoms with Crippen molar-refractivity contribution in [2.24, 2.45) is 5.73 Å². The molecule has 4 atom stereocenters. The average molecular weight is 198 g/mol. The normalized spacial score (nSPS) is 50.5. The number of fused-ring (bicyclic) bond motifs is 2. The van der Waals surface area contributed by atoms with E-state index in [9.17, 15) is 0 Å². The second kappa shape index (κ2) is 3.14. The molecule has 0 aromatic carbocycles. The van der Waals surface area contributed by atoms with Crippen molar-refractivity contribution in [2.45, 2.75) is 49.1 Å². The first-order chi connectivity index (χ1) is 6.33. The van der Waals surface area contributed by atoms with Crippen LogP contribution in [0.1, 0.15) is 25.7 Å². The fourth-order valence-electron chi connectivity index (χ4n) is 3.17. The summed E-state index contributed by atoms with van der Waals surface area (Å²) in [4.78, 5) is 2.76. The van der Waals surface area contributed by atoms with E-state index in [1.165, 1.54) is 38.0 Å². The fourth-order valence-corrected chi connectivity index (χ4v) is 4.63. The summed E-state index contributed by atoms with van der Waals surface area (Å²) in [5.74, 6) is 1.39. The van der Waals surface area contributed by atoms with Gasteiger partial charge in [0.25, 0.3) is 0 Å². The van der Waals surface area contributed by atoms with Crippen LogP contribution in [0.3, 0.4) is 0 Å². The van der Waals surface area contributed by atoms with Gasteiger partial charge in [-0.25, -0.2) is 0 Å². The van der Waals surface area contributed by atoms with Crippen LogP contribution in [0.15, 0.2) is 0 Å². The summed E-state index contributed by atoms with van der Waals surface area (Å²) in [5.41, 5.74) is 5.96. The molecule has 2 heterocycles. The molecule has 2 N–H and O–H groups in total. The predicted molar refractivity (Wildman–Crippen MR) is 57.0 cm³/mol. The Labute approximate surface area is 84.2 Å². The third-order valence-electron chi connectivity index (χ3n) is 3.86. The van der Waals surface area contributed by atoms with Gasteiger partial charge in [-0.1, -0.05) is 0 Å². The highest BCUT2D eigenvalue weighted by atomic mass is 32.2. The van der Waals surface area contributed by atoms with E-state index < -0.39 is 0 Å². The van der Waals surface area contributed by atoms with Crippen LogP contribution in [0.4, 0.5) is 0 Å². The molecule has 0 aromatic heterocycles. The monoisotopic (exact) mass is 198 g/mol. The molecule has 0 amide bonds. The first kappa shape index (κ1) is 8.57. The maximum absolute atomic E-state index is 5.96. The van der Waals surface area contributed by atoms with Crippen LogP contribution in [0.2, 0.25) is 0 Å². The predicted octanol–water partition coefficient (Wildman–Crippen LogP) is 1.06. The number of hydrogen-bond acceptors (Lipinski definition) is 3. The van der Waals surface area contributed by atoms with Crippen LogP contribution in [0, 0.1) is 0 Å². The highest BCUT2D eigenvalue weighted by Crippen LogP contribution is 2.41. The van der Waals surface area contributed by atoms with Gasteiger partial charge in [-0.05, 0) is 25.7 Å². The van der Waals surface area contributed by atoms with Crippen molar-refractivity contribution >= 4 is 11.8 Å². The molecule has 2 nitrogen and oxygen atoms in total. The van der Waals surface area contributed by atoms with Crippen LogP contribution in [-0.4, -0.2) is 40.6 Å². The lowest BCUT2D eigenvalue weighted by Crippen LogP contribution is -2.41. The van der Waals surface area contributed by atoms with Gasteiger partial charge < -0.3 is 5.73 Å². The van der Waals surface area contributed by atoms with E-state index >= 15 is 0 Å². The number of thioether (sulfide) groups is 1. The summed E-state index contributed by atoms with van der Waals surface area (Å²) in [5, 5.41) is 0.960. The Morgan fingerprint density at radius 2 is 2.08 bits per heavy atom.